The number of fused-ring (bicyclic) bond motifs is 1. The Balaban J connectivity index is 1.96. The molecule has 0 aliphatic carbocycles. The number of hydrogen-bond acceptors (Lipinski definition) is 2. The topological polar surface area (TPSA) is 54.3 Å². The predicted octanol–water partition coefficient (Wildman–Crippen LogP) is 1.53. The number of aromatic nitrogens is 1. The van der Waals surface area contributed by atoms with Crippen LogP contribution in [0.25, 0.3) is 10.9 Å². The fourth-order valence-corrected chi connectivity index (χ4v) is 1.95. The highest BCUT2D eigenvalue weighted by Gasteiger charge is 2.07. The maximum absolute atomic E-state index is 11.6. The van der Waals surface area contributed by atoms with Crippen LogP contribution in [0.4, 0.5) is 0 Å². The second-order valence-corrected chi connectivity index (χ2v) is 4.47. The predicted molar refractivity (Wildman–Crippen MR) is 71.2 cm³/mol. The fourth-order valence-electron chi connectivity index (χ4n) is 1.95. The zero-order valence-electron chi connectivity index (χ0n) is 10.5. The van der Waals surface area contributed by atoms with Gasteiger partial charge in [-0.05, 0) is 24.4 Å². The van der Waals surface area contributed by atoms with Gasteiger partial charge in [0.25, 0.3) is 0 Å². The van der Waals surface area contributed by atoms with Gasteiger partial charge < -0.3 is 15.0 Å². The summed E-state index contributed by atoms with van der Waals surface area (Å²) in [4.78, 5) is 11.6. The minimum atomic E-state index is -0.182. The van der Waals surface area contributed by atoms with E-state index in [1.54, 1.807) is 6.92 Å². The van der Waals surface area contributed by atoms with Crippen molar-refractivity contribution in [2.24, 2.45) is 0 Å². The van der Waals surface area contributed by atoms with Crippen LogP contribution in [-0.2, 0) is 11.3 Å². The summed E-state index contributed by atoms with van der Waals surface area (Å²) in [5, 5.41) is 12.8. The third-order valence-electron chi connectivity index (χ3n) is 2.94. The molecule has 0 unspecified atom stereocenters. The highest BCUT2D eigenvalue weighted by Crippen LogP contribution is 2.15. The van der Waals surface area contributed by atoms with E-state index in [4.69, 9.17) is 5.11 Å². The van der Waals surface area contributed by atoms with Crippen LogP contribution in [-0.4, -0.2) is 28.2 Å². The number of carbonyl (C=O) groups excluding carboxylic acids is 1. The van der Waals surface area contributed by atoms with Crippen molar-refractivity contribution in [2.75, 3.05) is 6.61 Å². The van der Waals surface area contributed by atoms with Crippen molar-refractivity contribution < 1.29 is 9.90 Å². The van der Waals surface area contributed by atoms with Crippen LogP contribution in [0.5, 0.6) is 0 Å². The average Bonchev–Trinajstić information content (AvgIpc) is 2.79. The molecule has 0 saturated carbocycles. The molecule has 0 saturated heterocycles. The summed E-state index contributed by atoms with van der Waals surface area (Å²) in [6.07, 6.45) is 2.41. The first-order chi connectivity index (χ1) is 8.70. The summed E-state index contributed by atoms with van der Waals surface area (Å²) in [7, 11) is 0. The van der Waals surface area contributed by atoms with E-state index in [2.05, 4.69) is 16.0 Å². The molecular weight excluding hydrogens is 228 g/mol. The standard InChI is InChI=1S/C14H18N2O2/c1-11(10-17)15-14(18)7-9-16-8-6-12-4-2-3-5-13(12)16/h2-6,8,11,17H,7,9-10H2,1H3,(H,15,18)/t11-/m1/s1. The molecule has 2 N–H and O–H groups in total. The maximum Gasteiger partial charge on any atom is 0.222 e. The number of nitrogens with one attached hydrogen (secondary N) is 1. The number of amides is 1. The van der Waals surface area contributed by atoms with Gasteiger partial charge in [-0.15, -0.1) is 0 Å². The quantitative estimate of drug-likeness (QED) is 0.840. The van der Waals surface area contributed by atoms with Gasteiger partial charge in [0.2, 0.25) is 5.91 Å². The van der Waals surface area contributed by atoms with Crippen molar-refractivity contribution in [3.8, 4) is 0 Å². The number of carbonyl (C=O) groups is 1. The number of aliphatic hydroxyl groups excluding tert-OH is 1. The molecule has 0 aliphatic rings. The van der Waals surface area contributed by atoms with Crippen LogP contribution in [0, 0.1) is 0 Å². The number of aryl methyl sites for hydroxylation is 1. The Kier molecular flexibility index (Phi) is 3.99. The Hall–Kier alpha value is -1.81. The smallest absolute Gasteiger partial charge is 0.222 e. The van der Waals surface area contributed by atoms with Gasteiger partial charge in [-0.2, -0.15) is 0 Å². The second kappa shape index (κ2) is 5.69. The Morgan fingerprint density at radius 1 is 1.39 bits per heavy atom. The number of rotatable bonds is 5. The van der Waals surface area contributed by atoms with Crippen LogP contribution in [0.1, 0.15) is 13.3 Å². The third-order valence-corrected chi connectivity index (χ3v) is 2.94. The first-order valence-electron chi connectivity index (χ1n) is 6.15. The van der Waals surface area contributed by atoms with E-state index < -0.39 is 0 Å². The summed E-state index contributed by atoms with van der Waals surface area (Å²) in [5.41, 5.74) is 1.14. The van der Waals surface area contributed by atoms with E-state index in [0.29, 0.717) is 13.0 Å². The molecule has 4 heteroatoms. The fraction of sp³-hybridized carbons (Fsp3) is 0.357. The summed E-state index contributed by atoms with van der Waals surface area (Å²) in [6.45, 7) is 2.40. The lowest BCUT2D eigenvalue weighted by atomic mass is 10.2. The molecule has 2 aromatic rings. The Bertz CT molecular complexity index is 533. The first kappa shape index (κ1) is 12.6. The lowest BCUT2D eigenvalue weighted by Crippen LogP contribution is -2.35. The SMILES string of the molecule is C[C@H](CO)NC(=O)CCn1ccc2ccccc21. The molecule has 0 radical (unpaired) electrons. The van der Waals surface area contributed by atoms with E-state index in [9.17, 15) is 4.79 Å². The van der Waals surface area contributed by atoms with Gasteiger partial charge in [0.05, 0.1) is 6.61 Å². The Morgan fingerprint density at radius 2 is 2.17 bits per heavy atom. The average molecular weight is 246 g/mol. The van der Waals surface area contributed by atoms with E-state index in [-0.39, 0.29) is 18.6 Å². The van der Waals surface area contributed by atoms with Crippen LogP contribution in [0.2, 0.25) is 0 Å². The molecule has 1 aromatic carbocycles. The monoisotopic (exact) mass is 246 g/mol. The van der Waals surface area contributed by atoms with Gasteiger partial charge in [0.1, 0.15) is 0 Å². The Morgan fingerprint density at radius 3 is 2.94 bits per heavy atom. The van der Waals surface area contributed by atoms with E-state index >= 15 is 0 Å². The van der Waals surface area contributed by atoms with E-state index in [1.807, 2.05) is 30.5 Å². The molecule has 18 heavy (non-hydrogen) atoms. The highest BCUT2D eigenvalue weighted by molar-refractivity contribution is 5.80. The number of nitrogens with zero attached hydrogens (tertiary/aromatic N) is 1. The third kappa shape index (κ3) is 2.90. The van der Waals surface area contributed by atoms with Gasteiger partial charge in [0.15, 0.2) is 0 Å². The molecule has 0 fully saturated rings. The van der Waals surface area contributed by atoms with Crippen molar-refractivity contribution in [3.05, 3.63) is 36.5 Å². The molecule has 0 bridgehead atoms. The van der Waals surface area contributed by atoms with Crippen molar-refractivity contribution in [1.29, 1.82) is 0 Å². The number of benzene rings is 1. The number of para-hydroxylation sites is 1. The van der Waals surface area contributed by atoms with Crippen molar-refractivity contribution >= 4 is 16.8 Å². The van der Waals surface area contributed by atoms with Crippen LogP contribution < -0.4 is 5.32 Å². The molecule has 96 valence electrons. The molecule has 0 spiro atoms. The van der Waals surface area contributed by atoms with Crippen molar-refractivity contribution in [2.45, 2.75) is 25.9 Å². The molecule has 0 aliphatic heterocycles. The van der Waals surface area contributed by atoms with Crippen LogP contribution in [0.15, 0.2) is 36.5 Å². The van der Waals surface area contributed by atoms with E-state index in [1.165, 1.54) is 5.39 Å². The summed E-state index contributed by atoms with van der Waals surface area (Å²) in [6, 6.07) is 9.96. The van der Waals surface area contributed by atoms with Gasteiger partial charge in [-0.25, -0.2) is 0 Å². The lowest BCUT2D eigenvalue weighted by molar-refractivity contribution is -0.122. The van der Waals surface area contributed by atoms with Gasteiger partial charge in [-0.1, -0.05) is 18.2 Å². The second-order valence-electron chi connectivity index (χ2n) is 4.47. The number of aliphatic hydroxyl groups is 1. The lowest BCUT2D eigenvalue weighted by Gasteiger charge is -2.11. The van der Waals surface area contributed by atoms with Gasteiger partial charge in [-0.3, -0.25) is 4.79 Å². The molecule has 2 rings (SSSR count). The zero-order valence-corrected chi connectivity index (χ0v) is 10.5. The Labute approximate surface area is 106 Å². The minimum Gasteiger partial charge on any atom is -0.394 e. The molecule has 1 heterocycles. The minimum absolute atomic E-state index is 0.0296. The summed E-state index contributed by atoms with van der Waals surface area (Å²) in [5.74, 6) is -0.0330. The molecule has 1 atom stereocenters. The van der Waals surface area contributed by atoms with E-state index in [0.717, 1.165) is 5.52 Å². The van der Waals surface area contributed by atoms with Crippen LogP contribution >= 0.6 is 0 Å². The number of hydrogen-bond donors (Lipinski definition) is 2. The largest absolute Gasteiger partial charge is 0.394 e. The summed E-state index contributed by atoms with van der Waals surface area (Å²) < 4.78 is 2.07. The highest BCUT2D eigenvalue weighted by atomic mass is 16.3. The van der Waals surface area contributed by atoms with Gasteiger partial charge in [0, 0.05) is 30.7 Å². The zero-order chi connectivity index (χ0) is 13.0. The van der Waals surface area contributed by atoms with Crippen molar-refractivity contribution in [1.82, 2.24) is 9.88 Å². The molecule has 1 amide bonds. The maximum atomic E-state index is 11.6. The normalized spacial score (nSPS) is 12.6. The van der Waals surface area contributed by atoms with Gasteiger partial charge >= 0.3 is 0 Å². The van der Waals surface area contributed by atoms with Crippen LogP contribution in [0.3, 0.4) is 0 Å². The molecule has 4 nitrogen and oxygen atoms in total. The van der Waals surface area contributed by atoms with Crippen molar-refractivity contribution in [3.63, 3.8) is 0 Å². The summed E-state index contributed by atoms with van der Waals surface area (Å²) >= 11 is 0. The molecular formula is C14H18N2O2. The first-order valence-corrected chi connectivity index (χ1v) is 6.15. The molecule has 1 aromatic heterocycles.